The first-order chi connectivity index (χ1) is 10.7. The minimum absolute atomic E-state index is 0.244. The molecule has 0 bridgehead atoms. The van der Waals surface area contributed by atoms with Crippen molar-refractivity contribution < 1.29 is 5.11 Å². The molecule has 0 saturated heterocycles. The molecule has 1 aromatic carbocycles. The smallest absolute Gasteiger partial charge is 0.177 e. The number of H-pyrrole nitrogens is 1. The van der Waals surface area contributed by atoms with Gasteiger partial charge in [0, 0.05) is 0 Å². The zero-order chi connectivity index (χ0) is 15.1. The monoisotopic (exact) mass is 296 g/mol. The van der Waals surface area contributed by atoms with Crippen molar-refractivity contribution in [2.45, 2.75) is 45.1 Å². The topological polar surface area (TPSA) is 66.7 Å². The zero-order valence-electron chi connectivity index (χ0n) is 12.7. The van der Waals surface area contributed by atoms with Gasteiger partial charge >= 0.3 is 0 Å². The number of nitrogens with zero attached hydrogens (tertiary/aromatic N) is 3. The van der Waals surface area contributed by atoms with Crippen molar-refractivity contribution in [2.75, 3.05) is 0 Å². The summed E-state index contributed by atoms with van der Waals surface area (Å²) in [6.07, 6.45) is 6.21. The molecule has 22 heavy (non-hydrogen) atoms. The fourth-order valence-corrected chi connectivity index (χ4v) is 3.42. The van der Waals surface area contributed by atoms with Gasteiger partial charge in [-0.15, -0.1) is 0 Å². The van der Waals surface area contributed by atoms with Gasteiger partial charge in [-0.05, 0) is 31.9 Å². The summed E-state index contributed by atoms with van der Waals surface area (Å²) in [6.45, 7) is 2.01. The first kappa shape index (κ1) is 13.4. The molecular weight excluding hydrogens is 276 g/mol. The Morgan fingerprint density at radius 2 is 1.95 bits per heavy atom. The highest BCUT2D eigenvalue weighted by Gasteiger charge is 2.22. The third-order valence-electron chi connectivity index (χ3n) is 4.60. The van der Waals surface area contributed by atoms with Crippen LogP contribution < -0.4 is 0 Å². The second-order valence-corrected chi connectivity index (χ2v) is 6.12. The lowest BCUT2D eigenvalue weighted by atomic mass is 9.96. The van der Waals surface area contributed by atoms with Crippen LogP contribution in [0.25, 0.3) is 22.6 Å². The van der Waals surface area contributed by atoms with Gasteiger partial charge in [0.2, 0.25) is 0 Å². The minimum atomic E-state index is 0.244. The lowest BCUT2D eigenvalue weighted by Crippen LogP contribution is -2.14. The number of aromatic nitrogens is 4. The second kappa shape index (κ2) is 5.16. The van der Waals surface area contributed by atoms with Crippen LogP contribution in [0.2, 0.25) is 0 Å². The fourth-order valence-electron chi connectivity index (χ4n) is 3.42. The summed E-state index contributed by atoms with van der Waals surface area (Å²) < 4.78 is 2.09. The van der Waals surface area contributed by atoms with E-state index in [2.05, 4.69) is 9.67 Å². The van der Waals surface area contributed by atoms with E-state index < -0.39 is 0 Å². The lowest BCUT2D eigenvalue weighted by molar-refractivity contribution is 0.335. The van der Waals surface area contributed by atoms with E-state index in [1.165, 1.54) is 32.1 Å². The first-order valence-electron chi connectivity index (χ1n) is 7.97. The molecule has 1 fully saturated rings. The van der Waals surface area contributed by atoms with E-state index in [1.807, 2.05) is 25.1 Å². The number of fused-ring (bicyclic) bond motifs is 1. The van der Waals surface area contributed by atoms with Crippen molar-refractivity contribution >= 4 is 11.2 Å². The van der Waals surface area contributed by atoms with Gasteiger partial charge in [0.05, 0.1) is 17.3 Å². The molecule has 1 aliphatic carbocycles. The molecule has 1 saturated carbocycles. The normalized spacial score (nSPS) is 16.4. The largest absolute Gasteiger partial charge is 0.507 e. The summed E-state index contributed by atoms with van der Waals surface area (Å²) in [5.74, 6) is 0.951. The standard InChI is InChI=1S/C17H20N4O/c1-11-15-17(21(20-11)12-7-3-2-4-8-12)19-16(18-15)13-9-5-6-10-14(13)22/h5-6,9-10,12,22H,2-4,7-8H2,1H3,(H,18,19). The van der Waals surface area contributed by atoms with Crippen LogP contribution in [0.4, 0.5) is 0 Å². The summed E-state index contributed by atoms with van der Waals surface area (Å²) >= 11 is 0. The number of para-hydroxylation sites is 1. The van der Waals surface area contributed by atoms with Gasteiger partial charge in [-0.2, -0.15) is 5.10 Å². The van der Waals surface area contributed by atoms with Crippen molar-refractivity contribution in [1.29, 1.82) is 0 Å². The molecule has 0 spiro atoms. The molecule has 2 N–H and O–H groups in total. The van der Waals surface area contributed by atoms with Crippen LogP contribution in [0, 0.1) is 6.92 Å². The van der Waals surface area contributed by atoms with Gasteiger partial charge in [-0.1, -0.05) is 31.4 Å². The molecule has 5 heteroatoms. The average Bonchev–Trinajstić information content (AvgIpc) is 3.10. The molecule has 2 heterocycles. The van der Waals surface area contributed by atoms with Gasteiger partial charge in [0.15, 0.2) is 5.65 Å². The number of aromatic hydroxyl groups is 1. The van der Waals surface area contributed by atoms with E-state index in [9.17, 15) is 5.11 Å². The number of phenols is 1. The quantitative estimate of drug-likeness (QED) is 0.752. The maximum Gasteiger partial charge on any atom is 0.177 e. The summed E-state index contributed by atoms with van der Waals surface area (Å²) in [4.78, 5) is 8.05. The van der Waals surface area contributed by atoms with Crippen molar-refractivity contribution in [1.82, 2.24) is 19.7 Å². The highest BCUT2D eigenvalue weighted by Crippen LogP contribution is 2.33. The zero-order valence-corrected chi connectivity index (χ0v) is 12.7. The SMILES string of the molecule is Cc1nn(C2CCCCC2)c2nc(-c3ccccc3O)[nH]c12. The van der Waals surface area contributed by atoms with E-state index in [4.69, 9.17) is 10.1 Å². The summed E-state index contributed by atoms with van der Waals surface area (Å²) in [5.41, 5.74) is 3.58. The van der Waals surface area contributed by atoms with E-state index >= 15 is 0 Å². The van der Waals surface area contributed by atoms with Crippen molar-refractivity contribution in [3.63, 3.8) is 0 Å². The Morgan fingerprint density at radius 3 is 2.73 bits per heavy atom. The third-order valence-corrected chi connectivity index (χ3v) is 4.60. The summed E-state index contributed by atoms with van der Waals surface area (Å²) in [6, 6.07) is 7.73. The van der Waals surface area contributed by atoms with Crippen LogP contribution in [0.15, 0.2) is 24.3 Å². The Balaban J connectivity index is 1.82. The van der Waals surface area contributed by atoms with Crippen LogP contribution in [0.3, 0.4) is 0 Å². The van der Waals surface area contributed by atoms with E-state index in [-0.39, 0.29) is 5.75 Å². The maximum absolute atomic E-state index is 10.0. The van der Waals surface area contributed by atoms with Gasteiger partial charge in [-0.3, -0.25) is 0 Å². The first-order valence-corrected chi connectivity index (χ1v) is 7.97. The molecule has 1 aliphatic rings. The number of hydrogen-bond donors (Lipinski definition) is 2. The average molecular weight is 296 g/mol. The number of benzene rings is 1. The molecule has 0 amide bonds. The third kappa shape index (κ3) is 2.08. The van der Waals surface area contributed by atoms with Crippen molar-refractivity contribution in [3.05, 3.63) is 30.0 Å². The predicted octanol–water partition coefficient (Wildman–Crippen LogP) is 3.95. The number of rotatable bonds is 2. The van der Waals surface area contributed by atoms with Crippen LogP contribution in [0.1, 0.15) is 43.8 Å². The van der Waals surface area contributed by atoms with Gasteiger partial charge in [0.1, 0.15) is 17.1 Å². The molecule has 114 valence electrons. The number of imidazole rings is 1. The Kier molecular flexibility index (Phi) is 3.13. The number of hydrogen-bond acceptors (Lipinski definition) is 3. The highest BCUT2D eigenvalue weighted by atomic mass is 16.3. The molecule has 5 nitrogen and oxygen atoms in total. The van der Waals surface area contributed by atoms with Gasteiger partial charge in [-0.25, -0.2) is 9.67 Å². The van der Waals surface area contributed by atoms with E-state index in [0.29, 0.717) is 11.9 Å². The second-order valence-electron chi connectivity index (χ2n) is 6.12. The minimum Gasteiger partial charge on any atom is -0.507 e. The van der Waals surface area contributed by atoms with Crippen LogP contribution >= 0.6 is 0 Å². The fraction of sp³-hybridized carbons (Fsp3) is 0.412. The Hall–Kier alpha value is -2.30. The molecule has 4 rings (SSSR count). The Bertz CT molecular complexity index is 811. The number of phenolic OH excluding ortho intramolecular Hbond substituents is 1. The Morgan fingerprint density at radius 1 is 1.18 bits per heavy atom. The van der Waals surface area contributed by atoms with Crippen LogP contribution in [0.5, 0.6) is 5.75 Å². The lowest BCUT2D eigenvalue weighted by Gasteiger charge is -2.21. The number of aromatic amines is 1. The van der Waals surface area contributed by atoms with E-state index in [1.54, 1.807) is 6.07 Å². The van der Waals surface area contributed by atoms with E-state index in [0.717, 1.165) is 22.4 Å². The molecule has 0 aliphatic heterocycles. The summed E-state index contributed by atoms with van der Waals surface area (Å²) in [5, 5.41) is 14.7. The molecule has 0 unspecified atom stereocenters. The number of nitrogens with one attached hydrogen (secondary N) is 1. The molecular formula is C17H20N4O. The summed E-state index contributed by atoms with van der Waals surface area (Å²) in [7, 11) is 0. The van der Waals surface area contributed by atoms with Crippen LogP contribution in [-0.4, -0.2) is 24.9 Å². The highest BCUT2D eigenvalue weighted by molar-refractivity contribution is 5.80. The van der Waals surface area contributed by atoms with Crippen molar-refractivity contribution in [3.8, 4) is 17.1 Å². The van der Waals surface area contributed by atoms with Crippen molar-refractivity contribution in [2.24, 2.45) is 0 Å². The van der Waals surface area contributed by atoms with Gasteiger partial charge in [0.25, 0.3) is 0 Å². The molecule has 3 aromatic rings. The maximum atomic E-state index is 10.0. The molecule has 0 atom stereocenters. The molecule has 2 aromatic heterocycles. The van der Waals surface area contributed by atoms with Crippen LogP contribution in [-0.2, 0) is 0 Å². The Labute approximate surface area is 129 Å². The molecule has 0 radical (unpaired) electrons. The predicted molar refractivity (Wildman–Crippen MR) is 85.8 cm³/mol. The van der Waals surface area contributed by atoms with Gasteiger partial charge < -0.3 is 10.1 Å². The number of aryl methyl sites for hydroxylation is 1.